The number of aromatic nitrogens is 1. The van der Waals surface area contributed by atoms with Gasteiger partial charge in [0.15, 0.2) is 11.5 Å². The van der Waals surface area contributed by atoms with E-state index in [-0.39, 0.29) is 5.41 Å². The van der Waals surface area contributed by atoms with Crippen LogP contribution >= 0.6 is 0 Å². The number of hydrogen-bond acceptors (Lipinski definition) is 3. The van der Waals surface area contributed by atoms with Crippen molar-refractivity contribution in [3.63, 3.8) is 0 Å². The first-order chi connectivity index (χ1) is 7.88. The first-order valence-electron chi connectivity index (χ1n) is 6.02. The summed E-state index contributed by atoms with van der Waals surface area (Å²) in [5.41, 5.74) is 8.36. The second-order valence-corrected chi connectivity index (χ2v) is 5.77. The van der Waals surface area contributed by atoms with E-state index < -0.39 is 0 Å². The molecular weight excluding hydrogens is 212 g/mol. The Labute approximate surface area is 102 Å². The second-order valence-electron chi connectivity index (χ2n) is 5.77. The Balaban J connectivity index is 2.29. The van der Waals surface area contributed by atoms with Gasteiger partial charge in [-0.15, -0.1) is 0 Å². The molecular formula is C14H20N2O. The van der Waals surface area contributed by atoms with Crippen LogP contribution in [0.4, 0.5) is 5.69 Å². The third-order valence-electron chi connectivity index (χ3n) is 3.45. The molecule has 0 aliphatic rings. The average Bonchev–Trinajstić information content (AvgIpc) is 2.60. The molecule has 2 rings (SSSR count). The van der Waals surface area contributed by atoms with Crippen molar-refractivity contribution in [3.8, 4) is 0 Å². The molecule has 0 saturated heterocycles. The number of benzene rings is 1. The maximum absolute atomic E-state index is 5.86. The highest BCUT2D eigenvalue weighted by molar-refractivity contribution is 5.85. The van der Waals surface area contributed by atoms with Crippen molar-refractivity contribution in [2.45, 2.75) is 34.1 Å². The van der Waals surface area contributed by atoms with E-state index in [4.69, 9.17) is 10.2 Å². The number of nitrogen functional groups attached to an aromatic ring is 1. The number of oxazole rings is 1. The first kappa shape index (κ1) is 12.0. The predicted molar refractivity (Wildman–Crippen MR) is 70.7 cm³/mol. The zero-order valence-electron chi connectivity index (χ0n) is 10.9. The molecule has 0 bridgehead atoms. The van der Waals surface area contributed by atoms with Crippen LogP contribution in [0, 0.1) is 11.3 Å². The number of hydrogen-bond donors (Lipinski definition) is 1. The van der Waals surface area contributed by atoms with Gasteiger partial charge in [0.25, 0.3) is 0 Å². The minimum atomic E-state index is 0.256. The molecule has 3 nitrogen and oxygen atoms in total. The molecule has 0 saturated carbocycles. The predicted octanol–water partition coefficient (Wildman–Crippen LogP) is 3.63. The number of fused-ring (bicyclic) bond motifs is 1. The molecule has 0 aliphatic heterocycles. The SMILES string of the molecule is CC(Cc1nc2c(N)cccc2o1)C(C)(C)C. The molecule has 0 spiro atoms. The summed E-state index contributed by atoms with van der Waals surface area (Å²) in [4.78, 5) is 4.47. The van der Waals surface area contributed by atoms with Crippen molar-refractivity contribution < 1.29 is 4.42 Å². The Bertz CT molecular complexity index is 522. The molecule has 3 heteroatoms. The summed E-state index contributed by atoms with van der Waals surface area (Å²) >= 11 is 0. The van der Waals surface area contributed by atoms with Gasteiger partial charge in [-0.25, -0.2) is 4.98 Å². The number of rotatable bonds is 2. The van der Waals surface area contributed by atoms with Gasteiger partial charge in [0, 0.05) is 6.42 Å². The molecule has 2 aromatic rings. The molecule has 1 aromatic carbocycles. The maximum Gasteiger partial charge on any atom is 0.195 e. The van der Waals surface area contributed by atoms with Crippen LogP contribution in [0.2, 0.25) is 0 Å². The van der Waals surface area contributed by atoms with Crippen LogP contribution in [0.3, 0.4) is 0 Å². The average molecular weight is 232 g/mol. The summed E-state index contributed by atoms with van der Waals surface area (Å²) in [5.74, 6) is 1.29. The van der Waals surface area contributed by atoms with E-state index in [0.29, 0.717) is 11.6 Å². The number of para-hydroxylation sites is 1. The van der Waals surface area contributed by atoms with Gasteiger partial charge in [0.2, 0.25) is 0 Å². The summed E-state index contributed by atoms with van der Waals surface area (Å²) in [6.07, 6.45) is 0.845. The van der Waals surface area contributed by atoms with Gasteiger partial charge in [-0.2, -0.15) is 0 Å². The molecule has 0 fully saturated rings. The van der Waals surface area contributed by atoms with E-state index in [1.54, 1.807) is 0 Å². The van der Waals surface area contributed by atoms with E-state index >= 15 is 0 Å². The van der Waals surface area contributed by atoms with Gasteiger partial charge in [0.1, 0.15) is 5.52 Å². The zero-order chi connectivity index (χ0) is 12.6. The normalized spacial score (nSPS) is 14.1. The van der Waals surface area contributed by atoms with Crippen LogP contribution in [0.5, 0.6) is 0 Å². The highest BCUT2D eigenvalue weighted by atomic mass is 16.3. The lowest BCUT2D eigenvalue weighted by molar-refractivity contribution is 0.246. The lowest BCUT2D eigenvalue weighted by Crippen LogP contribution is -2.19. The summed E-state index contributed by atoms with van der Waals surface area (Å²) in [7, 11) is 0. The van der Waals surface area contributed by atoms with E-state index in [2.05, 4.69) is 32.7 Å². The lowest BCUT2D eigenvalue weighted by Gasteiger charge is -2.25. The fourth-order valence-corrected chi connectivity index (χ4v) is 1.67. The first-order valence-corrected chi connectivity index (χ1v) is 6.02. The van der Waals surface area contributed by atoms with Gasteiger partial charge in [-0.05, 0) is 23.5 Å². The smallest absolute Gasteiger partial charge is 0.195 e. The van der Waals surface area contributed by atoms with Crippen molar-refractivity contribution in [2.75, 3.05) is 5.73 Å². The molecule has 0 amide bonds. The van der Waals surface area contributed by atoms with Crippen LogP contribution in [0.1, 0.15) is 33.6 Å². The minimum Gasteiger partial charge on any atom is -0.441 e. The number of anilines is 1. The lowest BCUT2D eigenvalue weighted by atomic mass is 9.80. The van der Waals surface area contributed by atoms with Crippen LogP contribution in [-0.2, 0) is 6.42 Å². The zero-order valence-corrected chi connectivity index (χ0v) is 10.9. The molecule has 92 valence electrons. The van der Waals surface area contributed by atoms with E-state index in [1.165, 1.54) is 0 Å². The standard InChI is InChI=1S/C14H20N2O/c1-9(14(2,3)4)8-12-16-13-10(15)6-5-7-11(13)17-12/h5-7,9H,8,15H2,1-4H3. The molecule has 2 N–H and O–H groups in total. The Kier molecular flexibility index (Phi) is 2.86. The van der Waals surface area contributed by atoms with Crippen molar-refractivity contribution in [1.29, 1.82) is 0 Å². The molecule has 1 unspecified atom stereocenters. The minimum absolute atomic E-state index is 0.256. The van der Waals surface area contributed by atoms with Crippen LogP contribution in [0.25, 0.3) is 11.1 Å². The fraction of sp³-hybridized carbons (Fsp3) is 0.500. The quantitative estimate of drug-likeness (QED) is 0.804. The van der Waals surface area contributed by atoms with Gasteiger partial charge >= 0.3 is 0 Å². The fourth-order valence-electron chi connectivity index (χ4n) is 1.67. The van der Waals surface area contributed by atoms with Gasteiger partial charge in [-0.1, -0.05) is 33.8 Å². The Morgan fingerprint density at radius 2 is 2.06 bits per heavy atom. The molecule has 1 heterocycles. The highest BCUT2D eigenvalue weighted by Crippen LogP contribution is 2.30. The molecule has 1 aromatic heterocycles. The van der Waals surface area contributed by atoms with Gasteiger partial charge in [0.05, 0.1) is 5.69 Å². The van der Waals surface area contributed by atoms with Crippen molar-refractivity contribution in [1.82, 2.24) is 4.98 Å². The maximum atomic E-state index is 5.86. The topological polar surface area (TPSA) is 52.0 Å². The number of nitrogens with two attached hydrogens (primary N) is 1. The Hall–Kier alpha value is -1.51. The Morgan fingerprint density at radius 3 is 2.65 bits per heavy atom. The van der Waals surface area contributed by atoms with E-state index in [9.17, 15) is 0 Å². The van der Waals surface area contributed by atoms with Gasteiger partial charge < -0.3 is 10.2 Å². The summed E-state index contributed by atoms with van der Waals surface area (Å²) in [5, 5.41) is 0. The largest absolute Gasteiger partial charge is 0.441 e. The van der Waals surface area contributed by atoms with E-state index in [1.807, 2.05) is 18.2 Å². The van der Waals surface area contributed by atoms with Crippen molar-refractivity contribution in [3.05, 3.63) is 24.1 Å². The highest BCUT2D eigenvalue weighted by Gasteiger charge is 2.22. The molecule has 0 radical (unpaired) electrons. The summed E-state index contributed by atoms with van der Waals surface area (Å²) in [6, 6.07) is 5.64. The van der Waals surface area contributed by atoms with Crippen LogP contribution in [0.15, 0.2) is 22.6 Å². The van der Waals surface area contributed by atoms with Crippen molar-refractivity contribution >= 4 is 16.8 Å². The third-order valence-corrected chi connectivity index (χ3v) is 3.45. The van der Waals surface area contributed by atoms with Crippen LogP contribution < -0.4 is 5.73 Å². The van der Waals surface area contributed by atoms with E-state index in [0.717, 1.165) is 23.4 Å². The summed E-state index contributed by atoms with van der Waals surface area (Å²) < 4.78 is 5.72. The van der Waals surface area contributed by atoms with Gasteiger partial charge in [-0.3, -0.25) is 0 Å². The molecule has 0 aliphatic carbocycles. The van der Waals surface area contributed by atoms with Crippen molar-refractivity contribution in [2.24, 2.45) is 11.3 Å². The third kappa shape index (κ3) is 2.43. The molecule has 1 atom stereocenters. The summed E-state index contributed by atoms with van der Waals surface area (Å²) in [6.45, 7) is 8.91. The Morgan fingerprint density at radius 1 is 1.35 bits per heavy atom. The number of nitrogens with zero attached hydrogens (tertiary/aromatic N) is 1. The van der Waals surface area contributed by atoms with Crippen LogP contribution in [-0.4, -0.2) is 4.98 Å². The second kappa shape index (κ2) is 4.06. The monoisotopic (exact) mass is 232 g/mol. The molecule has 17 heavy (non-hydrogen) atoms.